The van der Waals surface area contributed by atoms with Gasteiger partial charge in [-0.3, -0.25) is 4.79 Å². The van der Waals surface area contributed by atoms with Gasteiger partial charge in [0.05, 0.1) is 11.7 Å². The minimum Gasteiger partial charge on any atom is -0.485 e. The second-order valence-electron chi connectivity index (χ2n) is 7.46. The first-order valence-corrected chi connectivity index (χ1v) is 10.4. The van der Waals surface area contributed by atoms with E-state index in [0.29, 0.717) is 42.5 Å². The second-order valence-corrected chi connectivity index (χ2v) is 7.46. The Bertz CT molecular complexity index is 1030. The molecule has 158 valence electrons. The SMILES string of the molecule is CB(O)N[C@@H]1CCN(c2ccccc2Oc2ccccc2OCc2ccccc2)C1=O. The van der Waals surface area contributed by atoms with Crippen LogP contribution in [0.25, 0.3) is 0 Å². The average Bonchev–Trinajstić information content (AvgIpc) is 3.13. The molecule has 0 aromatic heterocycles. The number of benzene rings is 3. The van der Waals surface area contributed by atoms with Crippen molar-refractivity contribution in [1.29, 1.82) is 0 Å². The van der Waals surface area contributed by atoms with Crippen LogP contribution in [0.2, 0.25) is 6.82 Å². The highest BCUT2D eigenvalue weighted by Gasteiger charge is 2.34. The predicted octanol–water partition coefficient (Wildman–Crippen LogP) is 3.86. The molecule has 1 aliphatic heterocycles. The van der Waals surface area contributed by atoms with E-state index in [1.165, 1.54) is 0 Å². The zero-order valence-electron chi connectivity index (χ0n) is 17.4. The third-order valence-corrected chi connectivity index (χ3v) is 5.11. The molecule has 0 spiro atoms. The van der Waals surface area contributed by atoms with Gasteiger partial charge in [0.1, 0.15) is 6.61 Å². The fourth-order valence-corrected chi connectivity index (χ4v) is 3.64. The molecule has 31 heavy (non-hydrogen) atoms. The maximum absolute atomic E-state index is 12.8. The van der Waals surface area contributed by atoms with E-state index in [2.05, 4.69) is 5.23 Å². The fourth-order valence-electron chi connectivity index (χ4n) is 3.64. The van der Waals surface area contributed by atoms with E-state index in [4.69, 9.17) is 9.47 Å². The Balaban J connectivity index is 1.53. The number of hydrogen-bond donors (Lipinski definition) is 2. The van der Waals surface area contributed by atoms with E-state index in [1.54, 1.807) is 11.7 Å². The number of para-hydroxylation sites is 4. The molecule has 0 unspecified atom stereocenters. The van der Waals surface area contributed by atoms with Crippen molar-refractivity contribution in [3.8, 4) is 17.2 Å². The average molecular weight is 416 g/mol. The van der Waals surface area contributed by atoms with Crippen LogP contribution in [0.4, 0.5) is 5.69 Å². The fraction of sp³-hybridized carbons (Fsp3) is 0.208. The Hall–Kier alpha value is -3.29. The van der Waals surface area contributed by atoms with E-state index in [0.717, 1.165) is 5.56 Å². The van der Waals surface area contributed by atoms with Crippen molar-refractivity contribution in [3.05, 3.63) is 84.4 Å². The molecule has 0 aliphatic carbocycles. The summed E-state index contributed by atoms with van der Waals surface area (Å²) in [6, 6.07) is 24.5. The molecule has 2 N–H and O–H groups in total. The number of carbonyl (C=O) groups is 1. The zero-order chi connectivity index (χ0) is 21.6. The Morgan fingerprint density at radius 3 is 2.35 bits per heavy atom. The van der Waals surface area contributed by atoms with Gasteiger partial charge in [-0.25, -0.2) is 0 Å². The molecular weight excluding hydrogens is 391 g/mol. The van der Waals surface area contributed by atoms with Crippen molar-refractivity contribution in [3.63, 3.8) is 0 Å². The minimum atomic E-state index is -0.742. The molecule has 0 radical (unpaired) electrons. The van der Waals surface area contributed by atoms with Crippen LogP contribution in [-0.2, 0) is 11.4 Å². The molecule has 3 aromatic carbocycles. The molecule has 1 saturated heterocycles. The van der Waals surface area contributed by atoms with Crippen LogP contribution in [0.3, 0.4) is 0 Å². The van der Waals surface area contributed by atoms with Crippen molar-refractivity contribution in [2.45, 2.75) is 25.9 Å². The molecule has 3 aromatic rings. The molecule has 7 heteroatoms. The standard InChI is InChI=1S/C24H25BN2O4/c1-25(29)26-19-15-16-27(24(19)28)20-11-5-6-12-21(20)31-23-14-8-7-13-22(23)30-17-18-9-3-2-4-10-18/h2-14,19,26,29H,15-17H2,1H3/t19-/m1/s1. The van der Waals surface area contributed by atoms with Crippen molar-refractivity contribution < 1.29 is 19.3 Å². The third kappa shape index (κ3) is 5.07. The lowest BCUT2D eigenvalue weighted by Gasteiger charge is -2.21. The largest absolute Gasteiger partial charge is 0.485 e. The number of anilines is 1. The first-order valence-electron chi connectivity index (χ1n) is 10.4. The van der Waals surface area contributed by atoms with E-state index in [9.17, 15) is 9.82 Å². The molecule has 1 amide bonds. The predicted molar refractivity (Wildman–Crippen MR) is 121 cm³/mol. The maximum atomic E-state index is 12.8. The van der Waals surface area contributed by atoms with Gasteiger partial charge in [0.15, 0.2) is 17.2 Å². The molecule has 1 aliphatic rings. The number of hydrogen-bond acceptors (Lipinski definition) is 5. The summed E-state index contributed by atoms with van der Waals surface area (Å²) in [5.74, 6) is 1.70. The number of ether oxygens (including phenoxy) is 2. The normalized spacial score (nSPS) is 15.7. The number of nitrogens with zero attached hydrogens (tertiary/aromatic N) is 1. The van der Waals surface area contributed by atoms with Gasteiger partial charge in [0.25, 0.3) is 0 Å². The van der Waals surface area contributed by atoms with Crippen LogP contribution in [-0.4, -0.2) is 30.6 Å². The van der Waals surface area contributed by atoms with Gasteiger partial charge in [-0.2, -0.15) is 0 Å². The smallest absolute Gasteiger partial charge is 0.374 e. The van der Waals surface area contributed by atoms with E-state index < -0.39 is 13.1 Å². The van der Waals surface area contributed by atoms with Crippen LogP contribution in [0, 0.1) is 0 Å². The number of nitrogens with one attached hydrogen (secondary N) is 1. The number of amides is 1. The van der Waals surface area contributed by atoms with Crippen LogP contribution in [0.15, 0.2) is 78.9 Å². The van der Waals surface area contributed by atoms with Crippen LogP contribution in [0.1, 0.15) is 12.0 Å². The maximum Gasteiger partial charge on any atom is 0.374 e. The van der Waals surface area contributed by atoms with Gasteiger partial charge in [-0.1, -0.05) is 54.6 Å². The van der Waals surface area contributed by atoms with Gasteiger partial charge in [0, 0.05) is 6.54 Å². The van der Waals surface area contributed by atoms with Crippen molar-refractivity contribution >= 4 is 18.6 Å². The Morgan fingerprint density at radius 1 is 0.968 bits per heavy atom. The molecule has 1 heterocycles. The lowest BCUT2D eigenvalue weighted by molar-refractivity contribution is -0.118. The summed E-state index contributed by atoms with van der Waals surface area (Å²) in [6.07, 6.45) is 0.620. The molecule has 0 saturated carbocycles. The Labute approximate surface area is 182 Å². The Morgan fingerprint density at radius 2 is 1.61 bits per heavy atom. The quantitative estimate of drug-likeness (QED) is 0.546. The second kappa shape index (κ2) is 9.68. The van der Waals surface area contributed by atoms with Gasteiger partial charge >= 0.3 is 7.05 Å². The Kier molecular flexibility index (Phi) is 6.55. The highest BCUT2D eigenvalue weighted by atomic mass is 16.5. The summed E-state index contributed by atoms with van der Waals surface area (Å²) < 4.78 is 12.2. The van der Waals surface area contributed by atoms with E-state index in [-0.39, 0.29) is 5.91 Å². The molecule has 0 bridgehead atoms. The summed E-state index contributed by atoms with van der Waals surface area (Å²) in [5.41, 5.74) is 1.76. The van der Waals surface area contributed by atoms with Crippen molar-refractivity contribution in [2.75, 3.05) is 11.4 Å². The first-order chi connectivity index (χ1) is 15.1. The van der Waals surface area contributed by atoms with Gasteiger partial charge in [0.2, 0.25) is 5.91 Å². The first kappa shape index (κ1) is 21.0. The molecular formula is C24H25BN2O4. The van der Waals surface area contributed by atoms with Gasteiger partial charge < -0.3 is 24.6 Å². The zero-order valence-corrected chi connectivity index (χ0v) is 17.4. The lowest BCUT2D eigenvalue weighted by Crippen LogP contribution is -2.45. The third-order valence-electron chi connectivity index (χ3n) is 5.11. The van der Waals surface area contributed by atoms with E-state index in [1.807, 2.05) is 78.9 Å². The highest BCUT2D eigenvalue weighted by molar-refractivity contribution is 6.46. The molecule has 4 rings (SSSR count). The monoisotopic (exact) mass is 416 g/mol. The van der Waals surface area contributed by atoms with Crippen LogP contribution < -0.4 is 19.6 Å². The van der Waals surface area contributed by atoms with Crippen molar-refractivity contribution in [1.82, 2.24) is 5.23 Å². The van der Waals surface area contributed by atoms with Crippen LogP contribution in [0.5, 0.6) is 17.2 Å². The van der Waals surface area contributed by atoms with Crippen molar-refractivity contribution in [2.24, 2.45) is 0 Å². The topological polar surface area (TPSA) is 71.0 Å². The number of carbonyl (C=O) groups excluding carboxylic acids is 1. The summed E-state index contributed by atoms with van der Waals surface area (Å²) in [5, 5.41) is 12.5. The summed E-state index contributed by atoms with van der Waals surface area (Å²) >= 11 is 0. The highest BCUT2D eigenvalue weighted by Crippen LogP contribution is 2.38. The number of rotatable bonds is 8. The molecule has 1 fully saturated rings. The van der Waals surface area contributed by atoms with Gasteiger partial charge in [-0.15, -0.1) is 0 Å². The van der Waals surface area contributed by atoms with Crippen LogP contribution >= 0.6 is 0 Å². The van der Waals surface area contributed by atoms with Gasteiger partial charge in [-0.05, 0) is 43.1 Å². The minimum absolute atomic E-state index is 0.0782. The molecule has 1 atom stereocenters. The summed E-state index contributed by atoms with van der Waals surface area (Å²) in [6.45, 7) is 2.59. The summed E-state index contributed by atoms with van der Waals surface area (Å²) in [7, 11) is -0.742. The molecule has 6 nitrogen and oxygen atoms in total. The summed E-state index contributed by atoms with van der Waals surface area (Å²) in [4.78, 5) is 14.5. The van der Waals surface area contributed by atoms with E-state index >= 15 is 0 Å². The lowest BCUT2D eigenvalue weighted by atomic mass is 9.87.